The molecule has 0 saturated heterocycles. The third-order valence-electron chi connectivity index (χ3n) is 2.74. The molecule has 92 valence electrons. The lowest BCUT2D eigenvalue weighted by Crippen LogP contribution is -2.38. The molecule has 1 aromatic heterocycles. The summed E-state index contributed by atoms with van der Waals surface area (Å²) < 4.78 is 1.90. The van der Waals surface area contributed by atoms with Crippen LogP contribution in [-0.2, 0) is 13.0 Å². The van der Waals surface area contributed by atoms with Crippen LogP contribution in [0.2, 0.25) is 0 Å². The van der Waals surface area contributed by atoms with Gasteiger partial charge in [-0.05, 0) is 6.42 Å². The van der Waals surface area contributed by atoms with E-state index in [4.69, 9.17) is 0 Å². The molecule has 18 heavy (non-hydrogen) atoms. The molecule has 0 atom stereocenters. The van der Waals surface area contributed by atoms with Crippen LogP contribution in [0.15, 0.2) is 48.9 Å². The number of aryl methyl sites for hydroxylation is 1. The topological polar surface area (TPSA) is 33.8 Å². The third-order valence-corrected chi connectivity index (χ3v) is 2.74. The Hall–Kier alpha value is -2.03. The molecule has 0 amide bonds. The molecule has 0 unspecified atom stereocenters. The number of nitrogens with zero attached hydrogens (tertiary/aromatic N) is 2. The van der Waals surface area contributed by atoms with Crippen molar-refractivity contribution in [1.82, 2.24) is 4.98 Å². The zero-order valence-corrected chi connectivity index (χ0v) is 10.5. The highest BCUT2D eigenvalue weighted by atomic mass is 16.1. The average molecular weight is 241 g/mol. The molecule has 2 aromatic rings. The van der Waals surface area contributed by atoms with Crippen molar-refractivity contribution in [3.05, 3.63) is 60.2 Å². The van der Waals surface area contributed by atoms with E-state index in [1.807, 2.05) is 47.3 Å². The predicted octanol–water partition coefficient (Wildman–Crippen LogP) is 2.20. The van der Waals surface area contributed by atoms with Gasteiger partial charge in [-0.25, -0.2) is 4.98 Å². The molecule has 3 heteroatoms. The van der Waals surface area contributed by atoms with Crippen LogP contribution in [-0.4, -0.2) is 10.8 Å². The number of rotatable bonds is 5. The van der Waals surface area contributed by atoms with Gasteiger partial charge in [0.1, 0.15) is 5.69 Å². The van der Waals surface area contributed by atoms with E-state index >= 15 is 0 Å². The maximum atomic E-state index is 12.0. The fraction of sp³-hybridized carbons (Fsp3) is 0.267. The van der Waals surface area contributed by atoms with Crippen molar-refractivity contribution in [3.63, 3.8) is 0 Å². The van der Waals surface area contributed by atoms with E-state index in [-0.39, 0.29) is 5.78 Å². The van der Waals surface area contributed by atoms with Crippen molar-refractivity contribution in [2.75, 3.05) is 0 Å². The average Bonchev–Trinajstić information content (AvgIpc) is 2.40. The van der Waals surface area contributed by atoms with Gasteiger partial charge in [0.15, 0.2) is 12.4 Å². The summed E-state index contributed by atoms with van der Waals surface area (Å²) in [4.78, 5) is 16.3. The molecule has 0 spiro atoms. The minimum absolute atomic E-state index is 0.120. The maximum absolute atomic E-state index is 12.0. The molecule has 0 aliphatic heterocycles. The van der Waals surface area contributed by atoms with E-state index in [1.54, 1.807) is 6.20 Å². The van der Waals surface area contributed by atoms with E-state index in [2.05, 4.69) is 11.9 Å². The van der Waals surface area contributed by atoms with Crippen molar-refractivity contribution in [2.24, 2.45) is 0 Å². The molecule has 3 nitrogen and oxygen atoms in total. The molecular formula is C15H17N2O+. The largest absolute Gasteiger partial charge is 0.287 e. The van der Waals surface area contributed by atoms with E-state index in [1.165, 1.54) is 0 Å². The Balaban J connectivity index is 2.10. The Bertz CT molecular complexity index is 523. The van der Waals surface area contributed by atoms with Crippen LogP contribution in [0.1, 0.15) is 29.4 Å². The normalized spacial score (nSPS) is 10.3. The molecule has 2 rings (SSSR count). The molecular weight excluding hydrogens is 224 g/mol. The number of carbonyl (C=O) groups excluding carboxylic acids is 1. The Morgan fingerprint density at radius 3 is 2.78 bits per heavy atom. The number of hydrogen-bond donors (Lipinski definition) is 0. The summed E-state index contributed by atoms with van der Waals surface area (Å²) in [6, 6.07) is 9.36. The van der Waals surface area contributed by atoms with Crippen molar-refractivity contribution in [2.45, 2.75) is 26.3 Å². The van der Waals surface area contributed by atoms with Crippen LogP contribution in [0.25, 0.3) is 0 Å². The maximum Gasteiger partial charge on any atom is 0.227 e. The van der Waals surface area contributed by atoms with Crippen LogP contribution in [0.5, 0.6) is 0 Å². The van der Waals surface area contributed by atoms with Gasteiger partial charge in [-0.3, -0.25) is 4.79 Å². The van der Waals surface area contributed by atoms with E-state index in [0.717, 1.165) is 24.1 Å². The lowest BCUT2D eigenvalue weighted by molar-refractivity contribution is -0.684. The number of benzene rings is 1. The molecule has 0 bridgehead atoms. The summed E-state index contributed by atoms with van der Waals surface area (Å²) in [5.41, 5.74) is 1.78. The molecule has 0 N–H and O–H groups in total. The first kappa shape index (κ1) is 12.4. The summed E-state index contributed by atoms with van der Waals surface area (Å²) in [6.45, 7) is 2.48. The molecule has 0 fully saturated rings. The van der Waals surface area contributed by atoms with Gasteiger partial charge < -0.3 is 0 Å². The van der Waals surface area contributed by atoms with Gasteiger partial charge >= 0.3 is 0 Å². The highest BCUT2D eigenvalue weighted by molar-refractivity contribution is 5.94. The number of ketones is 1. The zero-order chi connectivity index (χ0) is 12.8. The second kappa shape index (κ2) is 6.05. The lowest BCUT2D eigenvalue weighted by Gasteiger charge is -1.99. The molecule has 0 saturated carbocycles. The summed E-state index contributed by atoms with van der Waals surface area (Å²) in [7, 11) is 0. The molecule has 1 aromatic carbocycles. The van der Waals surface area contributed by atoms with Gasteiger partial charge in [-0.2, -0.15) is 4.57 Å². The zero-order valence-electron chi connectivity index (χ0n) is 10.5. The van der Waals surface area contributed by atoms with Gasteiger partial charge in [0.2, 0.25) is 12.3 Å². The van der Waals surface area contributed by atoms with Crippen molar-refractivity contribution in [3.8, 4) is 0 Å². The van der Waals surface area contributed by atoms with Crippen LogP contribution < -0.4 is 4.57 Å². The van der Waals surface area contributed by atoms with Gasteiger partial charge in [-0.1, -0.05) is 43.7 Å². The van der Waals surface area contributed by atoms with Crippen LogP contribution in [0.4, 0.5) is 0 Å². The molecule has 0 aliphatic rings. The summed E-state index contributed by atoms with van der Waals surface area (Å²) in [5.74, 6) is 0.120. The van der Waals surface area contributed by atoms with Crippen molar-refractivity contribution < 1.29 is 9.36 Å². The molecule has 0 aliphatic carbocycles. The van der Waals surface area contributed by atoms with E-state index in [0.29, 0.717) is 6.54 Å². The Labute approximate surface area is 107 Å². The Morgan fingerprint density at radius 1 is 1.28 bits per heavy atom. The van der Waals surface area contributed by atoms with Crippen LogP contribution in [0, 0.1) is 0 Å². The highest BCUT2D eigenvalue weighted by Gasteiger charge is 2.12. The molecule has 0 radical (unpaired) electrons. The minimum atomic E-state index is 0.120. The summed E-state index contributed by atoms with van der Waals surface area (Å²) >= 11 is 0. The highest BCUT2D eigenvalue weighted by Crippen LogP contribution is 2.00. The number of hydrogen-bond acceptors (Lipinski definition) is 2. The standard InChI is InChI=1S/C15H17N2O/c1-2-6-14-11-17(10-9-16-14)12-15(18)13-7-4-3-5-8-13/h3-5,7-11H,2,6,12H2,1H3/q+1. The second-order valence-corrected chi connectivity index (χ2v) is 4.26. The number of aromatic nitrogens is 2. The van der Waals surface area contributed by atoms with E-state index in [9.17, 15) is 4.79 Å². The second-order valence-electron chi connectivity index (χ2n) is 4.26. The van der Waals surface area contributed by atoms with Crippen LogP contribution >= 0.6 is 0 Å². The third kappa shape index (κ3) is 3.23. The first-order valence-electron chi connectivity index (χ1n) is 6.22. The van der Waals surface area contributed by atoms with Gasteiger partial charge in [0.25, 0.3) is 0 Å². The van der Waals surface area contributed by atoms with Crippen molar-refractivity contribution in [1.29, 1.82) is 0 Å². The molecule has 1 heterocycles. The lowest BCUT2D eigenvalue weighted by atomic mass is 10.1. The van der Waals surface area contributed by atoms with Gasteiger partial charge in [0.05, 0.1) is 6.20 Å². The predicted molar refractivity (Wildman–Crippen MR) is 69.2 cm³/mol. The SMILES string of the molecule is CCCc1c[n+](CC(=O)c2ccccc2)ccn1. The van der Waals surface area contributed by atoms with E-state index < -0.39 is 0 Å². The Morgan fingerprint density at radius 2 is 2.06 bits per heavy atom. The first-order valence-corrected chi connectivity index (χ1v) is 6.22. The smallest absolute Gasteiger partial charge is 0.227 e. The summed E-state index contributed by atoms with van der Waals surface area (Å²) in [5, 5.41) is 0. The number of Topliss-reactive ketones (excluding diaryl/α,β-unsaturated/α-hetero) is 1. The fourth-order valence-electron chi connectivity index (χ4n) is 1.85. The Kier molecular flexibility index (Phi) is 4.18. The first-order chi connectivity index (χ1) is 8.79. The quantitative estimate of drug-likeness (QED) is 0.594. The monoisotopic (exact) mass is 241 g/mol. The minimum Gasteiger partial charge on any atom is -0.287 e. The van der Waals surface area contributed by atoms with Crippen molar-refractivity contribution >= 4 is 5.78 Å². The van der Waals surface area contributed by atoms with Gasteiger partial charge in [-0.15, -0.1) is 0 Å². The van der Waals surface area contributed by atoms with Crippen LogP contribution in [0.3, 0.4) is 0 Å². The van der Waals surface area contributed by atoms with Gasteiger partial charge in [0, 0.05) is 5.56 Å². The number of carbonyl (C=O) groups is 1. The fourth-order valence-corrected chi connectivity index (χ4v) is 1.85. The summed E-state index contributed by atoms with van der Waals surface area (Å²) in [6.07, 6.45) is 7.54.